The van der Waals surface area contributed by atoms with Gasteiger partial charge in [-0.1, -0.05) is 18.2 Å². The molecule has 0 saturated heterocycles. The number of aromatic nitrogens is 3. The van der Waals surface area contributed by atoms with Gasteiger partial charge in [-0.2, -0.15) is 5.10 Å². The van der Waals surface area contributed by atoms with Gasteiger partial charge in [-0.25, -0.2) is 4.79 Å². The summed E-state index contributed by atoms with van der Waals surface area (Å²) >= 11 is 0. The summed E-state index contributed by atoms with van der Waals surface area (Å²) in [6.07, 6.45) is 3.01. The molecule has 0 spiro atoms. The lowest BCUT2D eigenvalue weighted by atomic mass is 10.1. The van der Waals surface area contributed by atoms with Crippen LogP contribution in [0.25, 0.3) is 22.2 Å². The topological polar surface area (TPSA) is 78.9 Å². The molecule has 0 radical (unpaired) electrons. The maximum atomic E-state index is 11.0. The van der Waals surface area contributed by atoms with Crippen molar-refractivity contribution in [3.8, 4) is 11.3 Å². The monoisotopic (exact) mass is 239 g/mol. The van der Waals surface area contributed by atoms with Crippen LogP contribution in [0.1, 0.15) is 10.4 Å². The van der Waals surface area contributed by atoms with Crippen molar-refractivity contribution < 1.29 is 9.90 Å². The Hall–Kier alpha value is -2.69. The van der Waals surface area contributed by atoms with E-state index in [9.17, 15) is 4.79 Å². The average Bonchev–Trinajstić information content (AvgIpc) is 2.87. The molecule has 3 rings (SSSR count). The summed E-state index contributed by atoms with van der Waals surface area (Å²) in [6, 6.07) is 9.42. The SMILES string of the molecule is O=C(O)c1cn[nH]c1-c1ccc2cccnc2c1. The van der Waals surface area contributed by atoms with Crippen LogP contribution in [0, 0.1) is 0 Å². The zero-order valence-electron chi connectivity index (χ0n) is 9.29. The van der Waals surface area contributed by atoms with E-state index < -0.39 is 5.97 Å². The molecule has 0 bridgehead atoms. The maximum Gasteiger partial charge on any atom is 0.339 e. The summed E-state index contributed by atoms with van der Waals surface area (Å²) < 4.78 is 0. The highest BCUT2D eigenvalue weighted by Crippen LogP contribution is 2.24. The van der Waals surface area contributed by atoms with Gasteiger partial charge in [-0.05, 0) is 12.1 Å². The Labute approximate surface area is 102 Å². The minimum atomic E-state index is -1.00. The summed E-state index contributed by atoms with van der Waals surface area (Å²) in [5.41, 5.74) is 2.23. The molecule has 3 aromatic rings. The second kappa shape index (κ2) is 3.96. The Kier molecular flexibility index (Phi) is 2.30. The molecule has 0 aliphatic heterocycles. The summed E-state index contributed by atoms with van der Waals surface area (Å²) in [4.78, 5) is 15.3. The predicted octanol–water partition coefficient (Wildman–Crippen LogP) is 2.32. The molecular weight excluding hydrogens is 230 g/mol. The summed E-state index contributed by atoms with van der Waals surface area (Å²) in [6.45, 7) is 0. The summed E-state index contributed by atoms with van der Waals surface area (Å²) in [5.74, 6) is -1.00. The molecular formula is C13H9N3O2. The van der Waals surface area contributed by atoms with Gasteiger partial charge in [0, 0.05) is 17.1 Å². The number of fused-ring (bicyclic) bond motifs is 1. The smallest absolute Gasteiger partial charge is 0.339 e. The number of carboxylic acids is 1. The average molecular weight is 239 g/mol. The van der Waals surface area contributed by atoms with Crippen LogP contribution in [0.15, 0.2) is 42.7 Å². The molecule has 0 unspecified atom stereocenters. The number of H-pyrrole nitrogens is 1. The number of nitrogens with one attached hydrogen (secondary N) is 1. The van der Waals surface area contributed by atoms with Crippen molar-refractivity contribution in [2.24, 2.45) is 0 Å². The molecule has 88 valence electrons. The summed E-state index contributed by atoms with van der Waals surface area (Å²) in [7, 11) is 0. The van der Waals surface area contributed by atoms with Gasteiger partial charge in [0.25, 0.3) is 0 Å². The van der Waals surface area contributed by atoms with Crippen molar-refractivity contribution in [2.75, 3.05) is 0 Å². The van der Waals surface area contributed by atoms with Crippen LogP contribution in [0.2, 0.25) is 0 Å². The van der Waals surface area contributed by atoms with Gasteiger partial charge < -0.3 is 5.11 Å². The van der Waals surface area contributed by atoms with E-state index in [1.807, 2.05) is 30.3 Å². The first-order valence-corrected chi connectivity index (χ1v) is 5.37. The third kappa shape index (κ3) is 1.62. The number of aromatic amines is 1. The number of carbonyl (C=O) groups is 1. The molecule has 0 aliphatic rings. The first kappa shape index (κ1) is 10.5. The highest BCUT2D eigenvalue weighted by molar-refractivity contribution is 5.95. The fourth-order valence-corrected chi connectivity index (χ4v) is 1.89. The van der Waals surface area contributed by atoms with Crippen molar-refractivity contribution in [1.29, 1.82) is 0 Å². The first-order chi connectivity index (χ1) is 8.75. The van der Waals surface area contributed by atoms with Gasteiger partial charge in [0.05, 0.1) is 17.4 Å². The highest BCUT2D eigenvalue weighted by atomic mass is 16.4. The van der Waals surface area contributed by atoms with Crippen LogP contribution in [0.3, 0.4) is 0 Å². The van der Waals surface area contributed by atoms with Crippen LogP contribution in [-0.2, 0) is 0 Å². The Balaban J connectivity index is 2.19. The molecule has 0 atom stereocenters. The van der Waals surface area contributed by atoms with Crippen LogP contribution in [0.4, 0.5) is 0 Å². The zero-order valence-corrected chi connectivity index (χ0v) is 9.29. The second-order valence-corrected chi connectivity index (χ2v) is 3.87. The number of aromatic carboxylic acids is 1. The standard InChI is InChI=1S/C13H9N3O2/c17-13(18)10-7-15-16-12(10)9-4-3-8-2-1-5-14-11(8)6-9/h1-7H,(H,15,16)(H,17,18). The van der Waals surface area contributed by atoms with Crippen LogP contribution < -0.4 is 0 Å². The lowest BCUT2D eigenvalue weighted by Gasteiger charge is -2.02. The Morgan fingerprint density at radius 1 is 1.28 bits per heavy atom. The predicted molar refractivity (Wildman–Crippen MR) is 66.3 cm³/mol. The number of rotatable bonds is 2. The number of benzene rings is 1. The highest BCUT2D eigenvalue weighted by Gasteiger charge is 2.14. The maximum absolute atomic E-state index is 11.0. The van der Waals surface area contributed by atoms with E-state index in [4.69, 9.17) is 5.11 Å². The van der Waals surface area contributed by atoms with E-state index in [0.29, 0.717) is 5.69 Å². The molecule has 0 saturated carbocycles. The third-order valence-corrected chi connectivity index (χ3v) is 2.76. The fraction of sp³-hybridized carbons (Fsp3) is 0. The molecule has 5 heteroatoms. The van der Waals surface area contributed by atoms with E-state index in [1.165, 1.54) is 6.20 Å². The molecule has 1 aromatic carbocycles. The van der Waals surface area contributed by atoms with Crippen molar-refractivity contribution in [3.05, 3.63) is 48.3 Å². The van der Waals surface area contributed by atoms with Gasteiger partial charge in [0.2, 0.25) is 0 Å². The number of pyridine rings is 1. The first-order valence-electron chi connectivity index (χ1n) is 5.37. The minimum absolute atomic E-state index is 0.158. The minimum Gasteiger partial charge on any atom is -0.478 e. The van der Waals surface area contributed by atoms with Crippen molar-refractivity contribution in [2.45, 2.75) is 0 Å². The Morgan fingerprint density at radius 2 is 2.17 bits per heavy atom. The summed E-state index contributed by atoms with van der Waals surface area (Å²) in [5, 5.41) is 16.5. The number of nitrogens with zero attached hydrogens (tertiary/aromatic N) is 2. The molecule has 18 heavy (non-hydrogen) atoms. The van der Waals surface area contributed by atoms with Crippen LogP contribution in [-0.4, -0.2) is 26.3 Å². The molecule has 0 amide bonds. The van der Waals surface area contributed by atoms with E-state index in [2.05, 4.69) is 15.2 Å². The van der Waals surface area contributed by atoms with Crippen LogP contribution in [0.5, 0.6) is 0 Å². The van der Waals surface area contributed by atoms with Gasteiger partial charge in [-0.3, -0.25) is 10.1 Å². The third-order valence-electron chi connectivity index (χ3n) is 2.76. The van der Waals surface area contributed by atoms with Crippen molar-refractivity contribution in [1.82, 2.24) is 15.2 Å². The van der Waals surface area contributed by atoms with Gasteiger partial charge in [-0.15, -0.1) is 0 Å². The Bertz CT molecular complexity index is 734. The Morgan fingerprint density at radius 3 is 3.00 bits per heavy atom. The number of hydrogen-bond donors (Lipinski definition) is 2. The van der Waals surface area contributed by atoms with E-state index in [1.54, 1.807) is 6.20 Å². The van der Waals surface area contributed by atoms with Gasteiger partial charge in [0.1, 0.15) is 5.56 Å². The quantitative estimate of drug-likeness (QED) is 0.719. The molecule has 2 aromatic heterocycles. The van der Waals surface area contributed by atoms with E-state index >= 15 is 0 Å². The van der Waals surface area contributed by atoms with Crippen LogP contribution >= 0.6 is 0 Å². The van der Waals surface area contributed by atoms with Gasteiger partial charge >= 0.3 is 5.97 Å². The molecule has 0 aliphatic carbocycles. The number of hydrogen-bond acceptors (Lipinski definition) is 3. The van der Waals surface area contributed by atoms with Crippen molar-refractivity contribution in [3.63, 3.8) is 0 Å². The molecule has 0 fully saturated rings. The zero-order chi connectivity index (χ0) is 12.5. The molecule has 2 N–H and O–H groups in total. The number of carboxylic acid groups (broad SMARTS) is 1. The van der Waals surface area contributed by atoms with Crippen molar-refractivity contribution >= 4 is 16.9 Å². The lowest BCUT2D eigenvalue weighted by molar-refractivity contribution is 0.0698. The molecule has 2 heterocycles. The molecule has 5 nitrogen and oxygen atoms in total. The fourth-order valence-electron chi connectivity index (χ4n) is 1.89. The van der Waals surface area contributed by atoms with E-state index in [-0.39, 0.29) is 5.56 Å². The normalized spacial score (nSPS) is 10.7. The van der Waals surface area contributed by atoms with Gasteiger partial charge in [0.15, 0.2) is 0 Å². The second-order valence-electron chi connectivity index (χ2n) is 3.87. The van der Waals surface area contributed by atoms with E-state index in [0.717, 1.165) is 16.5 Å². The lowest BCUT2D eigenvalue weighted by Crippen LogP contribution is -1.96. The largest absolute Gasteiger partial charge is 0.478 e.